The van der Waals surface area contributed by atoms with Crippen molar-refractivity contribution in [1.29, 1.82) is 0 Å². The quantitative estimate of drug-likeness (QED) is 0.410. The molecule has 0 aliphatic heterocycles. The molecule has 0 fully saturated rings. The summed E-state index contributed by atoms with van der Waals surface area (Å²) in [5.41, 5.74) is 1.48. The smallest absolute Gasteiger partial charge is 0.345 e. The van der Waals surface area contributed by atoms with E-state index in [1.165, 1.54) is 4.68 Å². The van der Waals surface area contributed by atoms with Crippen LogP contribution in [0, 0.1) is 0 Å². The van der Waals surface area contributed by atoms with Crippen molar-refractivity contribution in [1.82, 2.24) is 9.78 Å². The van der Waals surface area contributed by atoms with Gasteiger partial charge in [-0.05, 0) is 48.0 Å². The third-order valence-corrected chi connectivity index (χ3v) is 4.82. The van der Waals surface area contributed by atoms with Crippen LogP contribution >= 0.6 is 11.6 Å². The molecule has 6 heteroatoms. The monoisotopic (exact) mass is 416 g/mol. The summed E-state index contributed by atoms with van der Waals surface area (Å²) < 4.78 is 6.88. The zero-order chi connectivity index (χ0) is 21.1. The molecule has 1 heterocycles. The zero-order valence-electron chi connectivity index (χ0n) is 15.8. The Labute approximate surface area is 177 Å². The number of ether oxygens (including phenoxy) is 1. The summed E-state index contributed by atoms with van der Waals surface area (Å²) in [7, 11) is 0. The average molecular weight is 417 g/mol. The Morgan fingerprint density at radius 2 is 1.73 bits per heavy atom. The number of aromatic nitrogens is 2. The van der Waals surface area contributed by atoms with Crippen LogP contribution in [0.2, 0.25) is 5.02 Å². The number of rotatable bonds is 4. The highest BCUT2D eigenvalue weighted by atomic mass is 35.5. The third kappa shape index (κ3) is 3.97. The summed E-state index contributed by atoms with van der Waals surface area (Å²) in [5, 5.41) is 4.22. The van der Waals surface area contributed by atoms with Crippen molar-refractivity contribution >= 4 is 30.2 Å². The Morgan fingerprint density at radius 3 is 2.50 bits per heavy atom. The van der Waals surface area contributed by atoms with E-state index in [4.69, 9.17) is 16.3 Å². The van der Waals surface area contributed by atoms with Crippen molar-refractivity contribution in [2.24, 2.45) is 0 Å². The number of benzene rings is 3. The SMILES string of the molecule is C=c1[nH]n(-c2ccccc2)c(=O)/c1=C\c1cccc(OC(=O)c2ccccc2Cl)c1. The number of nitrogens with zero attached hydrogens (tertiary/aromatic N) is 1. The molecule has 5 nitrogen and oxygen atoms in total. The van der Waals surface area contributed by atoms with Gasteiger partial charge in [0.15, 0.2) is 0 Å². The first-order valence-electron chi connectivity index (χ1n) is 9.17. The van der Waals surface area contributed by atoms with E-state index in [-0.39, 0.29) is 11.1 Å². The molecule has 0 atom stereocenters. The predicted molar refractivity (Wildman–Crippen MR) is 118 cm³/mol. The van der Waals surface area contributed by atoms with E-state index in [0.29, 0.717) is 26.9 Å². The first-order valence-corrected chi connectivity index (χ1v) is 9.54. The van der Waals surface area contributed by atoms with E-state index in [2.05, 4.69) is 11.7 Å². The first-order chi connectivity index (χ1) is 14.5. The van der Waals surface area contributed by atoms with E-state index in [9.17, 15) is 9.59 Å². The van der Waals surface area contributed by atoms with Crippen LogP contribution in [-0.2, 0) is 0 Å². The molecule has 30 heavy (non-hydrogen) atoms. The van der Waals surface area contributed by atoms with Crippen LogP contribution in [0.4, 0.5) is 0 Å². The molecule has 4 aromatic rings. The van der Waals surface area contributed by atoms with Crippen LogP contribution < -0.4 is 20.9 Å². The molecule has 3 aromatic carbocycles. The molecule has 0 radical (unpaired) electrons. The van der Waals surface area contributed by atoms with Gasteiger partial charge in [0.05, 0.1) is 26.8 Å². The lowest BCUT2D eigenvalue weighted by Gasteiger charge is -2.06. The molecule has 0 amide bonds. The van der Waals surface area contributed by atoms with Crippen molar-refractivity contribution in [2.75, 3.05) is 0 Å². The standard InChI is InChI=1S/C24H17ClN2O3/c1-16-21(23(28)27(26-16)18-9-3-2-4-10-18)15-17-8-7-11-19(14-17)30-24(29)20-12-5-6-13-22(20)25/h2-15,26H,1H2/b21-15-. The summed E-state index contributed by atoms with van der Waals surface area (Å²) in [6.07, 6.45) is 1.70. The van der Waals surface area contributed by atoms with E-state index < -0.39 is 5.97 Å². The maximum Gasteiger partial charge on any atom is 0.345 e. The maximum absolute atomic E-state index is 12.8. The largest absolute Gasteiger partial charge is 0.423 e. The summed E-state index contributed by atoms with van der Waals surface area (Å²) in [6.45, 7) is 3.94. The Balaban J connectivity index is 1.67. The molecule has 0 aliphatic rings. The Bertz CT molecular complexity index is 1390. The minimum atomic E-state index is -0.552. The lowest BCUT2D eigenvalue weighted by Crippen LogP contribution is -2.33. The summed E-state index contributed by atoms with van der Waals surface area (Å²) in [4.78, 5) is 25.2. The lowest BCUT2D eigenvalue weighted by atomic mass is 10.2. The Kier molecular flexibility index (Phi) is 5.37. The summed E-state index contributed by atoms with van der Waals surface area (Å²) >= 11 is 6.06. The van der Waals surface area contributed by atoms with E-state index in [1.807, 2.05) is 36.4 Å². The van der Waals surface area contributed by atoms with Crippen LogP contribution in [0.3, 0.4) is 0 Å². The molecule has 0 saturated carbocycles. The molecule has 0 saturated heterocycles. The Morgan fingerprint density at radius 1 is 1.00 bits per heavy atom. The van der Waals surface area contributed by atoms with Gasteiger partial charge < -0.3 is 4.74 Å². The zero-order valence-corrected chi connectivity index (χ0v) is 16.6. The van der Waals surface area contributed by atoms with Crippen LogP contribution in [0.1, 0.15) is 15.9 Å². The summed E-state index contributed by atoms with van der Waals surface area (Å²) in [6, 6.07) is 22.8. The maximum atomic E-state index is 12.8. The highest BCUT2D eigenvalue weighted by molar-refractivity contribution is 6.33. The minimum Gasteiger partial charge on any atom is -0.423 e. The highest BCUT2D eigenvalue weighted by Gasteiger charge is 2.12. The number of nitrogens with one attached hydrogen (secondary N) is 1. The van der Waals surface area contributed by atoms with Crippen molar-refractivity contribution in [3.05, 3.63) is 116 Å². The van der Waals surface area contributed by atoms with Gasteiger partial charge in [0.25, 0.3) is 5.56 Å². The number of para-hydroxylation sites is 1. The number of halogens is 1. The molecule has 4 rings (SSSR count). The summed E-state index contributed by atoms with van der Waals surface area (Å²) in [5.74, 6) is -0.207. The number of hydrogen-bond donors (Lipinski definition) is 1. The van der Waals surface area contributed by atoms with Crippen LogP contribution in [0.25, 0.3) is 18.3 Å². The fourth-order valence-corrected chi connectivity index (χ4v) is 3.24. The molecule has 0 aliphatic carbocycles. The van der Waals surface area contributed by atoms with E-state index in [0.717, 1.165) is 5.69 Å². The molecular weight excluding hydrogens is 400 g/mol. The second kappa shape index (κ2) is 8.27. The molecule has 1 aromatic heterocycles. The Hall–Kier alpha value is -3.83. The lowest BCUT2D eigenvalue weighted by molar-refractivity contribution is 0.0735. The van der Waals surface area contributed by atoms with Gasteiger partial charge in [-0.3, -0.25) is 9.89 Å². The predicted octanol–water partition coefficient (Wildman–Crippen LogP) is 3.28. The second-order valence-corrected chi connectivity index (χ2v) is 6.97. The van der Waals surface area contributed by atoms with E-state index >= 15 is 0 Å². The van der Waals surface area contributed by atoms with Crippen molar-refractivity contribution in [2.45, 2.75) is 0 Å². The highest BCUT2D eigenvalue weighted by Crippen LogP contribution is 2.19. The van der Waals surface area contributed by atoms with Gasteiger partial charge in [-0.25, -0.2) is 9.48 Å². The van der Waals surface area contributed by atoms with Crippen molar-refractivity contribution < 1.29 is 9.53 Å². The number of hydrogen-bond acceptors (Lipinski definition) is 3. The van der Waals surface area contributed by atoms with Crippen molar-refractivity contribution in [3.8, 4) is 11.4 Å². The minimum absolute atomic E-state index is 0.218. The number of aromatic amines is 1. The molecule has 0 unspecified atom stereocenters. The number of carbonyl (C=O) groups excluding carboxylic acids is 1. The van der Waals surface area contributed by atoms with Gasteiger partial charge >= 0.3 is 5.97 Å². The topological polar surface area (TPSA) is 64.1 Å². The average Bonchev–Trinajstić information content (AvgIpc) is 3.03. The number of carbonyl (C=O) groups is 1. The van der Waals surface area contributed by atoms with E-state index in [1.54, 1.807) is 48.5 Å². The van der Waals surface area contributed by atoms with Crippen LogP contribution in [0.5, 0.6) is 5.75 Å². The van der Waals surface area contributed by atoms with Gasteiger partial charge in [-0.2, -0.15) is 0 Å². The van der Waals surface area contributed by atoms with Crippen LogP contribution in [0.15, 0.2) is 83.7 Å². The molecule has 0 bridgehead atoms. The fraction of sp³-hybridized carbons (Fsp3) is 0. The van der Waals surface area contributed by atoms with Gasteiger partial charge in [0, 0.05) is 0 Å². The normalized spacial score (nSPS) is 11.4. The number of esters is 1. The van der Waals surface area contributed by atoms with Gasteiger partial charge in [0.1, 0.15) is 5.75 Å². The molecule has 148 valence electrons. The molecule has 0 spiro atoms. The van der Waals surface area contributed by atoms with Crippen molar-refractivity contribution in [3.63, 3.8) is 0 Å². The first kappa shape index (κ1) is 19.5. The third-order valence-electron chi connectivity index (χ3n) is 4.49. The second-order valence-electron chi connectivity index (χ2n) is 6.57. The molecular formula is C24H17ClN2O3. The fourth-order valence-electron chi connectivity index (χ4n) is 3.03. The van der Waals surface area contributed by atoms with Gasteiger partial charge in [0.2, 0.25) is 0 Å². The number of H-pyrrole nitrogens is 1. The molecule has 1 N–H and O–H groups in total. The van der Waals surface area contributed by atoms with Crippen LogP contribution in [-0.4, -0.2) is 15.7 Å². The van der Waals surface area contributed by atoms with Gasteiger partial charge in [-0.15, -0.1) is 0 Å². The van der Waals surface area contributed by atoms with Gasteiger partial charge in [-0.1, -0.05) is 60.6 Å².